The van der Waals surface area contributed by atoms with Gasteiger partial charge in [-0.05, 0) is 17.7 Å². The molecule has 1 aromatic rings. The highest BCUT2D eigenvalue weighted by Crippen LogP contribution is 2.35. The van der Waals surface area contributed by atoms with Crippen LogP contribution in [0.5, 0.6) is 0 Å². The third-order valence-electron chi connectivity index (χ3n) is 4.98. The van der Waals surface area contributed by atoms with Crippen LogP contribution in [-0.4, -0.2) is 71.8 Å². The number of imide groups is 1. The van der Waals surface area contributed by atoms with Gasteiger partial charge >= 0.3 is 17.9 Å². The molecule has 2 unspecified atom stereocenters. The van der Waals surface area contributed by atoms with Crippen LogP contribution in [0.3, 0.4) is 0 Å². The fraction of sp³-hybridized carbons (Fsp3) is 0.450. The minimum absolute atomic E-state index is 0.0924. The van der Waals surface area contributed by atoms with E-state index in [1.807, 2.05) is 0 Å². The molecule has 3 rings (SSSR count). The zero-order chi connectivity index (χ0) is 24.3. The number of nitrogens with zero attached hydrogens (tertiary/aromatic N) is 4. The second-order valence-electron chi connectivity index (χ2n) is 7.24. The number of hydrogen-bond donors (Lipinski definition) is 0. The highest BCUT2D eigenvalue weighted by molar-refractivity contribution is 6.21. The molecule has 13 nitrogen and oxygen atoms in total. The molecular weight excluding hydrogens is 440 g/mol. The van der Waals surface area contributed by atoms with Crippen molar-refractivity contribution in [2.45, 2.75) is 51.4 Å². The summed E-state index contributed by atoms with van der Waals surface area (Å²) in [5.74, 6) is -3.77. The van der Waals surface area contributed by atoms with Crippen LogP contribution in [-0.2, 0) is 33.3 Å². The maximum absolute atomic E-state index is 13.1. The Hall–Kier alpha value is -3.96. The van der Waals surface area contributed by atoms with Gasteiger partial charge in [0.15, 0.2) is 18.4 Å². The van der Waals surface area contributed by atoms with Crippen LogP contribution in [0.2, 0.25) is 0 Å². The Morgan fingerprint density at radius 2 is 1.55 bits per heavy atom. The van der Waals surface area contributed by atoms with Crippen LogP contribution >= 0.6 is 0 Å². The standard InChI is InChI=1S/C20H20N4O9/c1-9(25)30-8-14-16(31-10(2)26)17(32-11(3)27)15(18(33-14)22-23-21)24-19(28)12-6-4-5-7-13(12)20(24)29/h4-7,14-18H,8H2,1-3H3/t14?,15?,16-,17+,18-/m1/s1. The Balaban J connectivity index is 2.10. The molecule has 2 amide bonds. The molecule has 0 aromatic heterocycles. The Kier molecular flexibility index (Phi) is 6.95. The maximum atomic E-state index is 13.1. The fourth-order valence-electron chi connectivity index (χ4n) is 3.80. The van der Waals surface area contributed by atoms with E-state index in [2.05, 4.69) is 10.0 Å². The van der Waals surface area contributed by atoms with E-state index in [-0.39, 0.29) is 11.1 Å². The lowest BCUT2D eigenvalue weighted by atomic mass is 9.94. The van der Waals surface area contributed by atoms with Crippen LogP contribution in [0.1, 0.15) is 41.5 Å². The Morgan fingerprint density at radius 1 is 1.00 bits per heavy atom. The number of carbonyl (C=O) groups excluding carboxylic acids is 5. The van der Waals surface area contributed by atoms with Crippen molar-refractivity contribution in [1.29, 1.82) is 0 Å². The van der Waals surface area contributed by atoms with E-state index in [0.29, 0.717) is 0 Å². The molecule has 1 fully saturated rings. The summed E-state index contributed by atoms with van der Waals surface area (Å²) in [6.07, 6.45) is -5.67. The van der Waals surface area contributed by atoms with Gasteiger partial charge in [-0.1, -0.05) is 17.2 Å². The zero-order valence-corrected chi connectivity index (χ0v) is 17.9. The molecule has 1 aromatic carbocycles. The summed E-state index contributed by atoms with van der Waals surface area (Å²) < 4.78 is 21.3. The third-order valence-corrected chi connectivity index (χ3v) is 4.98. The van der Waals surface area contributed by atoms with E-state index in [4.69, 9.17) is 24.5 Å². The smallest absolute Gasteiger partial charge is 0.303 e. The molecular formula is C20H20N4O9. The largest absolute Gasteiger partial charge is 0.463 e. The van der Waals surface area contributed by atoms with Gasteiger partial charge < -0.3 is 18.9 Å². The predicted octanol–water partition coefficient (Wildman–Crippen LogP) is 1.11. The minimum Gasteiger partial charge on any atom is -0.463 e. The van der Waals surface area contributed by atoms with Gasteiger partial charge in [0, 0.05) is 25.7 Å². The number of esters is 3. The van der Waals surface area contributed by atoms with Gasteiger partial charge in [0.05, 0.1) is 11.1 Å². The van der Waals surface area contributed by atoms with Crippen molar-refractivity contribution < 1.29 is 42.9 Å². The first-order valence-electron chi connectivity index (χ1n) is 9.80. The molecule has 0 bridgehead atoms. The van der Waals surface area contributed by atoms with E-state index in [9.17, 15) is 24.0 Å². The Morgan fingerprint density at radius 3 is 2.03 bits per heavy atom. The Labute approximate surface area is 187 Å². The van der Waals surface area contributed by atoms with Gasteiger partial charge in [0.2, 0.25) is 0 Å². The van der Waals surface area contributed by atoms with E-state index in [1.165, 1.54) is 12.1 Å². The van der Waals surface area contributed by atoms with E-state index >= 15 is 0 Å². The highest BCUT2D eigenvalue weighted by atomic mass is 16.6. The van der Waals surface area contributed by atoms with Crippen molar-refractivity contribution >= 4 is 29.7 Å². The predicted molar refractivity (Wildman–Crippen MR) is 106 cm³/mol. The molecule has 2 aliphatic heterocycles. The molecule has 2 aliphatic rings. The minimum atomic E-state index is -1.55. The van der Waals surface area contributed by atoms with Crippen LogP contribution in [0, 0.1) is 0 Å². The van der Waals surface area contributed by atoms with Crippen molar-refractivity contribution in [3.63, 3.8) is 0 Å². The highest BCUT2D eigenvalue weighted by Gasteiger charge is 2.56. The van der Waals surface area contributed by atoms with Crippen molar-refractivity contribution in [2.75, 3.05) is 6.61 Å². The zero-order valence-electron chi connectivity index (χ0n) is 17.9. The quantitative estimate of drug-likeness (QED) is 0.150. The fourth-order valence-corrected chi connectivity index (χ4v) is 3.80. The molecule has 0 N–H and O–H groups in total. The molecule has 0 aliphatic carbocycles. The average molecular weight is 460 g/mol. The summed E-state index contributed by atoms with van der Waals surface area (Å²) in [4.78, 5) is 64.8. The second-order valence-corrected chi connectivity index (χ2v) is 7.24. The molecule has 0 radical (unpaired) electrons. The molecule has 5 atom stereocenters. The topological polar surface area (TPSA) is 174 Å². The van der Waals surface area contributed by atoms with Crippen molar-refractivity contribution in [3.8, 4) is 0 Å². The van der Waals surface area contributed by atoms with Crippen molar-refractivity contribution in [3.05, 3.63) is 45.8 Å². The maximum Gasteiger partial charge on any atom is 0.303 e. The number of hydrogen-bond acceptors (Lipinski definition) is 10. The van der Waals surface area contributed by atoms with Crippen LogP contribution in [0.15, 0.2) is 29.4 Å². The molecule has 174 valence electrons. The SMILES string of the molecule is CC(=O)OCC1O[C@@H](N=[N+]=[N-])C(N2C(=O)c3ccccc3C2=O)[C@H](OC(C)=O)[C@@H]1OC(C)=O. The number of rotatable bonds is 6. The molecule has 2 heterocycles. The normalized spacial score (nSPS) is 26.2. The van der Waals surface area contributed by atoms with E-state index in [0.717, 1.165) is 25.7 Å². The lowest BCUT2D eigenvalue weighted by Crippen LogP contribution is -2.66. The van der Waals surface area contributed by atoms with E-state index < -0.39 is 66.9 Å². The number of carbonyl (C=O) groups is 5. The summed E-state index contributed by atoms with van der Waals surface area (Å²) in [7, 11) is 0. The molecule has 1 saturated heterocycles. The van der Waals surface area contributed by atoms with E-state index in [1.54, 1.807) is 12.1 Å². The lowest BCUT2D eigenvalue weighted by molar-refractivity contribution is -0.228. The summed E-state index contributed by atoms with van der Waals surface area (Å²) in [5, 5.41) is 3.53. The van der Waals surface area contributed by atoms with Crippen LogP contribution < -0.4 is 0 Å². The van der Waals surface area contributed by atoms with Gasteiger partial charge in [-0.15, -0.1) is 0 Å². The van der Waals surface area contributed by atoms with Crippen LogP contribution in [0.25, 0.3) is 10.4 Å². The average Bonchev–Trinajstić information content (AvgIpc) is 2.99. The number of benzene rings is 1. The van der Waals surface area contributed by atoms with Crippen molar-refractivity contribution in [1.82, 2.24) is 4.90 Å². The van der Waals surface area contributed by atoms with Gasteiger partial charge in [0.25, 0.3) is 11.8 Å². The van der Waals surface area contributed by atoms with Gasteiger partial charge in [-0.2, -0.15) is 0 Å². The van der Waals surface area contributed by atoms with Crippen LogP contribution in [0.4, 0.5) is 0 Å². The first-order chi connectivity index (χ1) is 15.6. The number of amides is 2. The molecule has 13 heteroatoms. The first kappa shape index (κ1) is 23.7. The van der Waals surface area contributed by atoms with Crippen molar-refractivity contribution in [2.24, 2.45) is 5.11 Å². The number of ether oxygens (including phenoxy) is 4. The molecule has 0 saturated carbocycles. The summed E-state index contributed by atoms with van der Waals surface area (Å²) in [6, 6.07) is 4.53. The number of azide groups is 1. The van der Waals surface area contributed by atoms with Gasteiger partial charge in [-0.3, -0.25) is 28.9 Å². The van der Waals surface area contributed by atoms with Gasteiger partial charge in [-0.25, -0.2) is 0 Å². The summed E-state index contributed by atoms with van der Waals surface area (Å²) in [5.41, 5.74) is 9.26. The Bertz CT molecular complexity index is 1020. The van der Waals surface area contributed by atoms with Gasteiger partial charge in [0.1, 0.15) is 18.8 Å². The summed E-state index contributed by atoms with van der Waals surface area (Å²) in [6.45, 7) is 2.85. The summed E-state index contributed by atoms with van der Waals surface area (Å²) >= 11 is 0. The molecule has 33 heavy (non-hydrogen) atoms. The third kappa shape index (κ3) is 4.78. The molecule has 0 spiro atoms. The lowest BCUT2D eigenvalue weighted by Gasteiger charge is -2.46. The number of fused-ring (bicyclic) bond motifs is 1. The first-order valence-corrected chi connectivity index (χ1v) is 9.80. The second kappa shape index (κ2) is 9.67. The monoisotopic (exact) mass is 460 g/mol.